The molecule has 162 valence electrons. The van der Waals surface area contributed by atoms with Gasteiger partial charge in [-0.25, -0.2) is 13.4 Å². The molecule has 1 aromatic heterocycles. The zero-order chi connectivity index (χ0) is 22.2. The number of sulfonamides is 1. The van der Waals surface area contributed by atoms with Crippen molar-refractivity contribution in [2.75, 3.05) is 19.0 Å². The Hall–Kier alpha value is -3.09. The van der Waals surface area contributed by atoms with Crippen LogP contribution in [0.4, 0.5) is 10.8 Å². The molecule has 31 heavy (non-hydrogen) atoms. The van der Waals surface area contributed by atoms with Gasteiger partial charge in [-0.2, -0.15) is 4.31 Å². The number of fused-ring (bicyclic) bond motifs is 1. The number of ether oxygens (including phenoxy) is 1. The molecule has 1 aliphatic heterocycles. The smallest absolute Gasteiger partial charge is 0.270 e. The summed E-state index contributed by atoms with van der Waals surface area (Å²) in [6.07, 6.45) is 0.942. The van der Waals surface area contributed by atoms with Gasteiger partial charge < -0.3 is 10.1 Å². The van der Waals surface area contributed by atoms with E-state index >= 15 is 0 Å². The zero-order valence-corrected chi connectivity index (χ0v) is 18.0. The molecule has 4 rings (SSSR count). The summed E-state index contributed by atoms with van der Waals surface area (Å²) in [4.78, 5) is 27.7. The number of rotatable bonds is 6. The lowest BCUT2D eigenvalue weighted by atomic mass is 10.2. The predicted octanol–water partition coefficient (Wildman–Crippen LogP) is 3.00. The van der Waals surface area contributed by atoms with Gasteiger partial charge in [0.05, 0.1) is 27.1 Å². The monoisotopic (exact) mass is 462 g/mol. The Morgan fingerprint density at radius 1 is 1.29 bits per heavy atom. The number of nitro groups is 1. The normalized spacial score (nSPS) is 17.0. The summed E-state index contributed by atoms with van der Waals surface area (Å²) in [5, 5.41) is 13.9. The summed E-state index contributed by atoms with van der Waals surface area (Å²) in [6.45, 7) is 0.235. The van der Waals surface area contributed by atoms with Crippen LogP contribution in [0, 0.1) is 10.1 Å². The largest absolute Gasteiger partial charge is 0.497 e. The van der Waals surface area contributed by atoms with Gasteiger partial charge in [0.15, 0.2) is 5.13 Å². The number of methoxy groups -OCH3 is 1. The summed E-state index contributed by atoms with van der Waals surface area (Å²) in [5.41, 5.74) is 0.446. The average Bonchev–Trinajstić information content (AvgIpc) is 3.40. The molecular weight excluding hydrogens is 444 g/mol. The summed E-state index contributed by atoms with van der Waals surface area (Å²) < 4.78 is 33.0. The third kappa shape index (κ3) is 4.09. The van der Waals surface area contributed by atoms with E-state index in [1.165, 1.54) is 41.7 Å². The maximum atomic E-state index is 13.1. The SMILES string of the molecule is COc1ccc(S(=O)(=O)N2CCCC2C(=O)Nc2nc3ccc([N+](=O)[O-])cc3s2)cc1. The number of thiazole rings is 1. The maximum Gasteiger partial charge on any atom is 0.270 e. The van der Waals surface area contributed by atoms with Crippen molar-refractivity contribution in [1.82, 2.24) is 9.29 Å². The van der Waals surface area contributed by atoms with Crippen LogP contribution >= 0.6 is 11.3 Å². The minimum atomic E-state index is -3.86. The van der Waals surface area contributed by atoms with E-state index in [-0.39, 0.29) is 22.3 Å². The number of hydrogen-bond donors (Lipinski definition) is 1. The fourth-order valence-corrected chi connectivity index (χ4v) is 6.00. The summed E-state index contributed by atoms with van der Waals surface area (Å²) in [5.74, 6) is 0.0499. The van der Waals surface area contributed by atoms with Crippen molar-refractivity contribution in [3.63, 3.8) is 0 Å². The molecule has 1 unspecified atom stereocenters. The highest BCUT2D eigenvalue weighted by molar-refractivity contribution is 7.89. The van der Waals surface area contributed by atoms with E-state index < -0.39 is 26.9 Å². The molecule has 0 aliphatic carbocycles. The van der Waals surface area contributed by atoms with Gasteiger partial charge in [-0.1, -0.05) is 11.3 Å². The molecule has 0 bridgehead atoms. The molecule has 0 radical (unpaired) electrons. The Labute approximate surface area is 181 Å². The summed E-state index contributed by atoms with van der Waals surface area (Å²) in [6, 6.07) is 9.37. The molecule has 0 spiro atoms. The Morgan fingerprint density at radius 3 is 2.71 bits per heavy atom. The van der Waals surface area contributed by atoms with Crippen LogP contribution in [0.1, 0.15) is 12.8 Å². The molecule has 1 amide bonds. The number of anilines is 1. The van der Waals surface area contributed by atoms with Gasteiger partial charge in [0, 0.05) is 18.7 Å². The number of carbonyl (C=O) groups is 1. The van der Waals surface area contributed by atoms with Crippen molar-refractivity contribution in [2.45, 2.75) is 23.8 Å². The molecule has 2 aromatic carbocycles. The highest BCUT2D eigenvalue weighted by Gasteiger charge is 2.39. The van der Waals surface area contributed by atoms with Gasteiger partial charge in [-0.15, -0.1) is 0 Å². The van der Waals surface area contributed by atoms with Crippen molar-refractivity contribution in [3.8, 4) is 5.75 Å². The van der Waals surface area contributed by atoms with Crippen LogP contribution < -0.4 is 10.1 Å². The third-order valence-corrected chi connectivity index (χ3v) is 7.84. The molecule has 1 fully saturated rings. The fourth-order valence-electron chi connectivity index (χ4n) is 3.44. The lowest BCUT2D eigenvalue weighted by Gasteiger charge is -2.23. The number of nitrogens with zero attached hydrogens (tertiary/aromatic N) is 3. The fraction of sp³-hybridized carbons (Fsp3) is 0.263. The number of carbonyl (C=O) groups excluding carboxylic acids is 1. The molecule has 0 saturated carbocycles. The molecule has 2 heterocycles. The van der Waals surface area contributed by atoms with E-state index in [9.17, 15) is 23.3 Å². The highest BCUT2D eigenvalue weighted by Crippen LogP contribution is 2.31. The third-order valence-electron chi connectivity index (χ3n) is 4.99. The number of nitro benzene ring substituents is 1. The predicted molar refractivity (Wildman–Crippen MR) is 115 cm³/mol. The standard InChI is InChI=1S/C19H18N4O6S2/c1-29-13-5-7-14(8-6-13)31(27,28)22-10-2-3-16(22)18(24)21-19-20-15-9-4-12(23(25)26)11-17(15)30-19/h4-9,11,16H,2-3,10H2,1H3,(H,20,21,24). The first-order valence-electron chi connectivity index (χ1n) is 9.31. The molecule has 1 atom stereocenters. The molecule has 3 aromatic rings. The van der Waals surface area contributed by atoms with Gasteiger partial charge in [-0.05, 0) is 43.2 Å². The number of non-ortho nitro benzene ring substituents is 1. The van der Waals surface area contributed by atoms with Gasteiger partial charge in [0.25, 0.3) is 5.69 Å². The van der Waals surface area contributed by atoms with Crippen LogP contribution in [0.25, 0.3) is 10.2 Å². The van der Waals surface area contributed by atoms with E-state index in [0.29, 0.717) is 28.8 Å². The summed E-state index contributed by atoms with van der Waals surface area (Å²) in [7, 11) is -2.37. The van der Waals surface area contributed by atoms with Gasteiger partial charge >= 0.3 is 0 Å². The van der Waals surface area contributed by atoms with Crippen molar-refractivity contribution in [1.29, 1.82) is 0 Å². The second kappa shape index (κ2) is 8.21. The highest BCUT2D eigenvalue weighted by atomic mass is 32.2. The number of aromatic nitrogens is 1. The van der Waals surface area contributed by atoms with Crippen molar-refractivity contribution in [2.24, 2.45) is 0 Å². The average molecular weight is 463 g/mol. The molecule has 1 aliphatic rings. The minimum absolute atomic E-state index is 0.0680. The van der Waals surface area contributed by atoms with E-state index in [0.717, 1.165) is 11.3 Å². The number of amides is 1. The van der Waals surface area contributed by atoms with E-state index in [1.807, 2.05) is 0 Å². The Morgan fingerprint density at radius 2 is 2.03 bits per heavy atom. The van der Waals surface area contributed by atoms with Crippen molar-refractivity contribution >= 4 is 48.3 Å². The second-order valence-corrected chi connectivity index (χ2v) is 9.79. The molecule has 1 N–H and O–H groups in total. The van der Waals surface area contributed by atoms with Crippen LogP contribution in [0.2, 0.25) is 0 Å². The lowest BCUT2D eigenvalue weighted by Crippen LogP contribution is -2.43. The lowest BCUT2D eigenvalue weighted by molar-refractivity contribution is -0.384. The topological polar surface area (TPSA) is 132 Å². The van der Waals surface area contributed by atoms with E-state index in [4.69, 9.17) is 4.74 Å². The van der Waals surface area contributed by atoms with Crippen LogP contribution in [0.3, 0.4) is 0 Å². The minimum Gasteiger partial charge on any atom is -0.497 e. The van der Waals surface area contributed by atoms with E-state index in [2.05, 4.69) is 10.3 Å². The van der Waals surface area contributed by atoms with Crippen LogP contribution in [0.5, 0.6) is 5.75 Å². The van der Waals surface area contributed by atoms with Crippen molar-refractivity contribution < 1.29 is 22.9 Å². The van der Waals surface area contributed by atoms with Gasteiger partial charge in [0.1, 0.15) is 11.8 Å². The number of hydrogen-bond acceptors (Lipinski definition) is 8. The first-order valence-corrected chi connectivity index (χ1v) is 11.6. The molecule has 10 nitrogen and oxygen atoms in total. The van der Waals surface area contributed by atoms with Gasteiger partial charge in [-0.3, -0.25) is 14.9 Å². The van der Waals surface area contributed by atoms with Crippen LogP contribution in [-0.4, -0.2) is 48.2 Å². The number of benzene rings is 2. The molecular formula is C19H18N4O6S2. The Kier molecular flexibility index (Phi) is 5.60. The zero-order valence-electron chi connectivity index (χ0n) is 16.3. The quantitative estimate of drug-likeness (QED) is 0.440. The Bertz CT molecular complexity index is 1260. The van der Waals surface area contributed by atoms with Crippen LogP contribution in [0.15, 0.2) is 47.4 Å². The molecule has 12 heteroatoms. The maximum absolute atomic E-state index is 13.1. The second-order valence-electron chi connectivity index (χ2n) is 6.87. The van der Waals surface area contributed by atoms with Crippen molar-refractivity contribution in [3.05, 3.63) is 52.6 Å². The first-order chi connectivity index (χ1) is 14.8. The van der Waals surface area contributed by atoms with Gasteiger partial charge in [0.2, 0.25) is 15.9 Å². The Balaban J connectivity index is 1.55. The van der Waals surface area contributed by atoms with E-state index in [1.54, 1.807) is 12.1 Å². The van der Waals surface area contributed by atoms with Crippen LogP contribution in [-0.2, 0) is 14.8 Å². The summed E-state index contributed by atoms with van der Waals surface area (Å²) >= 11 is 1.10. The number of nitrogens with one attached hydrogen (secondary N) is 1. The first kappa shape index (κ1) is 21.2. The molecule has 1 saturated heterocycles.